The second-order valence-electron chi connectivity index (χ2n) is 9.43. The summed E-state index contributed by atoms with van der Waals surface area (Å²) in [4.78, 5) is 41.6. The van der Waals surface area contributed by atoms with Crippen LogP contribution in [0.4, 0.5) is 39.4 Å². The predicted octanol–water partition coefficient (Wildman–Crippen LogP) is 2.66. The zero-order valence-corrected chi connectivity index (χ0v) is 23.1. The van der Waals surface area contributed by atoms with Crippen molar-refractivity contribution in [2.45, 2.75) is 6.54 Å². The molecule has 39 heavy (non-hydrogen) atoms. The number of hydrogen-bond donors (Lipinski definition) is 2. The lowest BCUT2D eigenvalue weighted by Gasteiger charge is -2.32. The van der Waals surface area contributed by atoms with E-state index in [9.17, 15) is 9.59 Å². The first-order valence-corrected chi connectivity index (χ1v) is 12.3. The molecule has 13 nitrogen and oxygen atoms in total. The van der Waals surface area contributed by atoms with Gasteiger partial charge in [-0.25, -0.2) is 9.78 Å². The molecule has 2 N–H and O–H groups in total. The first-order valence-electron chi connectivity index (χ1n) is 12.3. The van der Waals surface area contributed by atoms with E-state index in [-0.39, 0.29) is 17.9 Å². The third kappa shape index (κ3) is 5.93. The zero-order valence-electron chi connectivity index (χ0n) is 23.1. The molecule has 0 saturated carbocycles. The van der Waals surface area contributed by atoms with E-state index in [0.29, 0.717) is 35.3 Å². The number of anilines is 6. The lowest BCUT2D eigenvalue weighted by Crippen LogP contribution is -2.46. The van der Waals surface area contributed by atoms with Crippen molar-refractivity contribution >= 4 is 46.6 Å². The van der Waals surface area contributed by atoms with Gasteiger partial charge < -0.3 is 25.2 Å². The number of amides is 3. The molecule has 0 fully saturated rings. The number of benzene rings is 1. The summed E-state index contributed by atoms with van der Waals surface area (Å²) in [5.41, 5.74) is 2.67. The summed E-state index contributed by atoms with van der Waals surface area (Å²) in [5, 5.41) is 10.4. The molecule has 206 valence electrons. The second-order valence-corrected chi connectivity index (χ2v) is 9.43. The summed E-state index contributed by atoms with van der Waals surface area (Å²) in [7, 11) is 11.0. The van der Waals surface area contributed by atoms with Crippen molar-refractivity contribution in [2.24, 2.45) is 7.05 Å². The van der Waals surface area contributed by atoms with E-state index in [4.69, 9.17) is 4.74 Å². The smallest absolute Gasteiger partial charge is 0.331 e. The van der Waals surface area contributed by atoms with E-state index in [0.717, 1.165) is 24.3 Å². The molecule has 3 amide bonds. The van der Waals surface area contributed by atoms with Gasteiger partial charge in [-0.05, 0) is 26.2 Å². The Bertz CT molecular complexity index is 1390. The van der Waals surface area contributed by atoms with Crippen LogP contribution in [0.5, 0.6) is 5.75 Å². The van der Waals surface area contributed by atoms with Gasteiger partial charge in [0.05, 0.1) is 30.7 Å². The molecular formula is C26H34N10O3. The minimum atomic E-state index is -0.337. The van der Waals surface area contributed by atoms with E-state index < -0.39 is 0 Å². The Labute approximate surface area is 227 Å². The van der Waals surface area contributed by atoms with Gasteiger partial charge in [0.1, 0.15) is 11.6 Å². The monoisotopic (exact) mass is 534 g/mol. The van der Waals surface area contributed by atoms with E-state index in [2.05, 4.69) is 37.2 Å². The third-order valence-corrected chi connectivity index (χ3v) is 6.28. The quantitative estimate of drug-likeness (QED) is 0.378. The number of likely N-dealkylation sites (N-methyl/N-ethyl adjacent to an activating group) is 2. The van der Waals surface area contributed by atoms with Gasteiger partial charge in [0.2, 0.25) is 11.9 Å². The van der Waals surface area contributed by atoms with Crippen molar-refractivity contribution in [3.63, 3.8) is 0 Å². The van der Waals surface area contributed by atoms with Crippen LogP contribution in [0.25, 0.3) is 0 Å². The Balaban J connectivity index is 1.65. The fraction of sp³-hybridized carbons (Fsp3) is 0.346. The van der Waals surface area contributed by atoms with Gasteiger partial charge in [0.25, 0.3) is 0 Å². The van der Waals surface area contributed by atoms with Crippen molar-refractivity contribution < 1.29 is 14.3 Å². The average molecular weight is 535 g/mol. The fourth-order valence-corrected chi connectivity index (χ4v) is 4.12. The van der Waals surface area contributed by atoms with Crippen molar-refractivity contribution in [1.82, 2.24) is 24.6 Å². The molecule has 2 aromatic heterocycles. The van der Waals surface area contributed by atoms with E-state index in [1.165, 1.54) is 11.0 Å². The van der Waals surface area contributed by atoms with Gasteiger partial charge in [0.15, 0.2) is 5.82 Å². The van der Waals surface area contributed by atoms with E-state index in [1.807, 2.05) is 32.1 Å². The van der Waals surface area contributed by atoms with Crippen LogP contribution in [0.1, 0.15) is 5.56 Å². The van der Waals surface area contributed by atoms with Crippen LogP contribution in [0.15, 0.2) is 43.2 Å². The van der Waals surface area contributed by atoms with Gasteiger partial charge in [-0.2, -0.15) is 10.1 Å². The van der Waals surface area contributed by atoms with Gasteiger partial charge >= 0.3 is 6.03 Å². The highest BCUT2D eigenvalue weighted by molar-refractivity contribution is 6.04. The summed E-state index contributed by atoms with van der Waals surface area (Å²) in [5.74, 6) is 1.51. The number of nitrogens with one attached hydrogen (secondary N) is 2. The lowest BCUT2D eigenvalue weighted by molar-refractivity contribution is -0.111. The van der Waals surface area contributed by atoms with Gasteiger partial charge in [-0.3, -0.25) is 19.3 Å². The predicted molar refractivity (Wildman–Crippen MR) is 152 cm³/mol. The first-order chi connectivity index (χ1) is 18.6. The Morgan fingerprint density at radius 2 is 1.97 bits per heavy atom. The summed E-state index contributed by atoms with van der Waals surface area (Å²) >= 11 is 0. The molecule has 1 aliphatic heterocycles. The Hall–Kier alpha value is -4.65. The largest absolute Gasteiger partial charge is 0.494 e. The van der Waals surface area contributed by atoms with Crippen LogP contribution >= 0.6 is 0 Å². The highest BCUT2D eigenvalue weighted by Gasteiger charge is 2.32. The average Bonchev–Trinajstić information content (AvgIpc) is 3.35. The van der Waals surface area contributed by atoms with Crippen molar-refractivity contribution in [2.75, 3.05) is 73.7 Å². The third-order valence-electron chi connectivity index (χ3n) is 6.28. The molecule has 1 aliphatic rings. The topological polar surface area (TPSA) is 124 Å². The highest BCUT2D eigenvalue weighted by atomic mass is 16.5. The number of aryl methyl sites for hydroxylation is 1. The highest BCUT2D eigenvalue weighted by Crippen LogP contribution is 2.38. The Kier molecular flexibility index (Phi) is 8.00. The van der Waals surface area contributed by atoms with Gasteiger partial charge in [0, 0.05) is 64.3 Å². The molecule has 3 aromatic rings. The molecule has 0 saturated heterocycles. The normalized spacial score (nSPS) is 12.8. The SMILES string of the molecule is C=CC(=O)Nc1cc(Nc2ncc3c(n2)N(C)C(=O)N(c2ccn(C)n2)C3)c(OC)cc1N(C)CCN(C)C. The molecule has 3 heterocycles. The molecule has 0 unspecified atom stereocenters. The molecular weight excluding hydrogens is 500 g/mol. The van der Waals surface area contributed by atoms with Crippen LogP contribution in [-0.2, 0) is 18.4 Å². The molecule has 4 rings (SSSR count). The number of nitrogens with zero attached hydrogens (tertiary/aromatic N) is 8. The van der Waals surface area contributed by atoms with Gasteiger partial charge in [-0.15, -0.1) is 0 Å². The van der Waals surface area contributed by atoms with Crippen LogP contribution in [0.2, 0.25) is 0 Å². The van der Waals surface area contributed by atoms with E-state index >= 15 is 0 Å². The number of fused-ring (bicyclic) bond motifs is 1. The molecule has 0 aliphatic carbocycles. The minimum absolute atomic E-state index is 0.247. The molecule has 0 atom stereocenters. The van der Waals surface area contributed by atoms with Crippen LogP contribution < -0.4 is 30.1 Å². The Morgan fingerprint density at radius 1 is 1.21 bits per heavy atom. The number of urea groups is 1. The maximum absolute atomic E-state index is 13.1. The maximum atomic E-state index is 13.1. The first kappa shape index (κ1) is 27.4. The number of methoxy groups -OCH3 is 1. The number of hydrogen-bond acceptors (Lipinski definition) is 9. The minimum Gasteiger partial charge on any atom is -0.494 e. The summed E-state index contributed by atoms with van der Waals surface area (Å²) in [6.45, 7) is 5.40. The summed E-state index contributed by atoms with van der Waals surface area (Å²) < 4.78 is 7.31. The lowest BCUT2D eigenvalue weighted by atomic mass is 10.2. The standard InChI is InChI=1S/C26H34N10O3/c1-8-23(37)28-18-13-19(21(39-7)14-20(18)33(4)12-11-32(2)3)29-25-27-15-17-16-36(22-9-10-34(5)31-22)26(38)35(6)24(17)30-25/h8-10,13-15H,1,11-12,16H2,2-7H3,(H,28,37)(H,27,29,30). The van der Waals surface area contributed by atoms with E-state index in [1.54, 1.807) is 55.3 Å². The fourth-order valence-electron chi connectivity index (χ4n) is 4.12. The molecule has 0 bridgehead atoms. The summed E-state index contributed by atoms with van der Waals surface area (Å²) in [6, 6.07) is 5.14. The number of rotatable bonds is 10. The van der Waals surface area contributed by atoms with Crippen molar-refractivity contribution in [1.29, 1.82) is 0 Å². The molecule has 0 spiro atoms. The Morgan fingerprint density at radius 3 is 2.62 bits per heavy atom. The van der Waals surface area contributed by atoms with Crippen LogP contribution in [0, 0.1) is 0 Å². The van der Waals surface area contributed by atoms with Crippen LogP contribution in [0.3, 0.4) is 0 Å². The molecule has 1 aromatic carbocycles. The van der Waals surface area contributed by atoms with Crippen LogP contribution in [-0.4, -0.2) is 85.0 Å². The maximum Gasteiger partial charge on any atom is 0.331 e. The van der Waals surface area contributed by atoms with Crippen molar-refractivity contribution in [3.05, 3.63) is 48.8 Å². The van der Waals surface area contributed by atoms with Gasteiger partial charge in [-0.1, -0.05) is 6.58 Å². The summed E-state index contributed by atoms with van der Waals surface area (Å²) in [6.07, 6.45) is 4.68. The number of ether oxygens (including phenoxy) is 1. The molecule has 0 radical (unpaired) electrons. The van der Waals surface area contributed by atoms with Crippen molar-refractivity contribution in [3.8, 4) is 5.75 Å². The number of aromatic nitrogens is 4. The zero-order chi connectivity index (χ0) is 28.3. The number of carbonyl (C=O) groups excluding carboxylic acids is 2. The second kappa shape index (κ2) is 11.4. The number of carbonyl (C=O) groups is 2. The molecule has 13 heteroatoms.